The number of carboxylic acids is 1. The third-order valence-electron chi connectivity index (χ3n) is 7.39. The molecule has 12 nitrogen and oxygen atoms in total. The molecule has 2 aromatic rings. The molecule has 2 bridgehead atoms. The van der Waals surface area contributed by atoms with Gasteiger partial charge in [-0.3, -0.25) is 28.5 Å². The zero-order valence-corrected chi connectivity index (χ0v) is 21.1. The van der Waals surface area contributed by atoms with Crippen LogP contribution < -0.4 is 16.2 Å². The molecule has 1 aliphatic carbocycles. The summed E-state index contributed by atoms with van der Waals surface area (Å²) in [6.45, 7) is 1.18. The van der Waals surface area contributed by atoms with Gasteiger partial charge in [-0.15, -0.1) is 0 Å². The number of rotatable bonds is 5. The van der Waals surface area contributed by atoms with Crippen molar-refractivity contribution >= 4 is 23.7 Å². The number of amides is 3. The lowest BCUT2D eigenvalue weighted by Crippen LogP contribution is -2.54. The summed E-state index contributed by atoms with van der Waals surface area (Å²) < 4.78 is 14.5. The minimum atomic E-state index is -1.42. The fraction of sp³-hybridized carbons (Fsp3) is 0.440. The maximum atomic E-state index is 13.6. The van der Waals surface area contributed by atoms with Gasteiger partial charge in [0.15, 0.2) is 5.69 Å². The maximum Gasteiger partial charge on any atom is 0.311 e. The lowest BCUT2D eigenvalue weighted by molar-refractivity contribution is -0.153. The highest BCUT2D eigenvalue weighted by Gasteiger charge is 2.55. The first kappa shape index (κ1) is 26.8. The second kappa shape index (κ2) is 9.54. The van der Waals surface area contributed by atoms with Crippen molar-refractivity contribution in [2.45, 2.75) is 51.2 Å². The standard InChI is InChI=1S/C25H28FN5O7/c1-13-10-14(4-5-15(13)26)11-27-18(33)16-17(32)20(35)31-12-24(23(37)38)6-8-25(9-7-24,22(31)28-16)29-19(34)21(36)30(2)3/h4-5,10,32H,6-9,11-12H2,1-3H3,(H,27,33)(H,29,34)(H,37,38). The van der Waals surface area contributed by atoms with E-state index in [1.54, 1.807) is 6.92 Å². The van der Waals surface area contributed by atoms with E-state index in [1.165, 1.54) is 32.3 Å². The third-order valence-corrected chi connectivity index (χ3v) is 7.39. The molecule has 1 saturated carbocycles. The van der Waals surface area contributed by atoms with Gasteiger partial charge in [-0.05, 0) is 49.8 Å². The van der Waals surface area contributed by atoms with Crippen molar-refractivity contribution in [2.24, 2.45) is 5.41 Å². The molecule has 0 spiro atoms. The van der Waals surface area contributed by atoms with Crippen LogP contribution in [0.25, 0.3) is 0 Å². The number of likely N-dealkylation sites (N-methyl/N-ethyl adjacent to an activating group) is 1. The average Bonchev–Trinajstić information content (AvgIpc) is 3.10. The van der Waals surface area contributed by atoms with Crippen molar-refractivity contribution < 1.29 is 33.8 Å². The van der Waals surface area contributed by atoms with Crippen molar-refractivity contribution in [3.8, 4) is 5.75 Å². The Morgan fingerprint density at radius 1 is 1.16 bits per heavy atom. The second-order valence-corrected chi connectivity index (χ2v) is 10.1. The molecule has 0 atom stereocenters. The fourth-order valence-electron chi connectivity index (χ4n) is 5.07. The zero-order valence-electron chi connectivity index (χ0n) is 21.1. The fourth-order valence-corrected chi connectivity index (χ4v) is 5.07. The molecule has 202 valence electrons. The predicted octanol–water partition coefficient (Wildman–Crippen LogP) is 0.385. The zero-order chi connectivity index (χ0) is 28.0. The van der Waals surface area contributed by atoms with Crippen molar-refractivity contribution in [2.75, 3.05) is 14.1 Å². The highest BCUT2D eigenvalue weighted by atomic mass is 19.1. The summed E-state index contributed by atoms with van der Waals surface area (Å²) in [6.07, 6.45) is 0.208. The Balaban J connectivity index is 1.77. The molecule has 13 heteroatoms. The van der Waals surface area contributed by atoms with E-state index in [9.17, 15) is 38.6 Å². The van der Waals surface area contributed by atoms with Crippen LogP contribution in [0.1, 0.15) is 53.1 Å². The van der Waals surface area contributed by atoms with E-state index in [0.717, 1.165) is 9.47 Å². The van der Waals surface area contributed by atoms with Gasteiger partial charge in [-0.2, -0.15) is 0 Å². The minimum absolute atomic E-state index is 0.0406. The Morgan fingerprint density at radius 3 is 2.39 bits per heavy atom. The molecule has 0 saturated heterocycles. The van der Waals surface area contributed by atoms with Gasteiger partial charge in [0.2, 0.25) is 5.75 Å². The first-order chi connectivity index (χ1) is 17.8. The van der Waals surface area contributed by atoms with Crippen molar-refractivity contribution in [1.82, 2.24) is 25.1 Å². The maximum absolute atomic E-state index is 13.6. The van der Waals surface area contributed by atoms with Gasteiger partial charge in [0.1, 0.15) is 11.6 Å². The Hall–Kier alpha value is -4.29. The molecule has 4 N–H and O–H groups in total. The van der Waals surface area contributed by atoms with Gasteiger partial charge < -0.3 is 25.7 Å². The molecule has 1 aromatic heterocycles. The number of fused-ring (bicyclic) bond motifs is 2. The SMILES string of the molecule is Cc1cc(CNC(=O)c2nc3n(c(=O)c2O)CC2(C(=O)O)CCC3(NC(=O)C(=O)N(C)C)CC2)ccc1F. The van der Waals surface area contributed by atoms with Crippen LogP contribution in [0.3, 0.4) is 0 Å². The monoisotopic (exact) mass is 529 g/mol. The number of carbonyl (C=O) groups excluding carboxylic acids is 3. The molecule has 1 fully saturated rings. The smallest absolute Gasteiger partial charge is 0.311 e. The molecule has 3 aliphatic rings. The summed E-state index contributed by atoms with van der Waals surface area (Å²) in [7, 11) is 2.78. The summed E-state index contributed by atoms with van der Waals surface area (Å²) in [5.41, 5.74) is -3.49. The first-order valence-electron chi connectivity index (χ1n) is 11.9. The Kier molecular flexibility index (Phi) is 6.72. The summed E-state index contributed by atoms with van der Waals surface area (Å²) in [6, 6.07) is 4.25. The number of carboxylic acid groups (broad SMARTS) is 1. The van der Waals surface area contributed by atoms with Crippen LogP contribution in [0.2, 0.25) is 0 Å². The van der Waals surface area contributed by atoms with Gasteiger partial charge in [0.05, 0.1) is 11.0 Å². The van der Waals surface area contributed by atoms with Crippen molar-refractivity contribution in [3.05, 3.63) is 57.0 Å². The average molecular weight is 530 g/mol. The van der Waals surface area contributed by atoms with Crippen LogP contribution in [0.5, 0.6) is 5.75 Å². The Bertz CT molecular complexity index is 1410. The highest BCUT2D eigenvalue weighted by molar-refractivity contribution is 6.35. The van der Waals surface area contributed by atoms with E-state index in [4.69, 9.17) is 0 Å². The number of aromatic nitrogens is 2. The quantitative estimate of drug-likeness (QED) is 0.403. The summed E-state index contributed by atoms with van der Waals surface area (Å²) in [5, 5.41) is 25.8. The molecule has 0 radical (unpaired) electrons. The molecule has 5 rings (SSSR count). The highest BCUT2D eigenvalue weighted by Crippen LogP contribution is 2.49. The number of nitrogens with one attached hydrogen (secondary N) is 2. The van der Waals surface area contributed by atoms with Crippen LogP contribution in [0.4, 0.5) is 4.39 Å². The number of benzene rings is 1. The lowest BCUT2D eigenvalue weighted by Gasteiger charge is -2.40. The molecule has 3 heterocycles. The molecular formula is C25H28FN5O7. The van der Waals surface area contributed by atoms with Crippen LogP contribution in [0, 0.1) is 18.2 Å². The molecular weight excluding hydrogens is 501 g/mol. The van der Waals surface area contributed by atoms with Crippen molar-refractivity contribution in [1.29, 1.82) is 0 Å². The normalized spacial score (nSPS) is 21.7. The van der Waals surface area contributed by atoms with E-state index in [-0.39, 0.29) is 44.6 Å². The van der Waals surface area contributed by atoms with E-state index >= 15 is 0 Å². The number of hydrogen-bond acceptors (Lipinski definition) is 7. The Labute approximate surface area is 216 Å². The van der Waals surface area contributed by atoms with Crippen molar-refractivity contribution in [3.63, 3.8) is 0 Å². The summed E-state index contributed by atoms with van der Waals surface area (Å²) >= 11 is 0. The van der Waals surface area contributed by atoms with Gasteiger partial charge in [0.25, 0.3) is 11.5 Å². The molecule has 0 unspecified atom stereocenters. The number of aryl methyl sites for hydroxylation is 1. The van der Waals surface area contributed by atoms with E-state index in [0.29, 0.717) is 11.1 Å². The van der Waals surface area contributed by atoms with Crippen LogP contribution in [0.15, 0.2) is 23.0 Å². The van der Waals surface area contributed by atoms with Gasteiger partial charge in [0, 0.05) is 27.2 Å². The molecule has 38 heavy (non-hydrogen) atoms. The number of halogens is 1. The minimum Gasteiger partial charge on any atom is -0.501 e. The van der Waals surface area contributed by atoms with Gasteiger partial charge in [-0.25, -0.2) is 9.37 Å². The first-order valence-corrected chi connectivity index (χ1v) is 11.9. The molecule has 1 aromatic carbocycles. The number of aliphatic carboxylic acids is 1. The third kappa shape index (κ3) is 4.48. The van der Waals surface area contributed by atoms with E-state index in [1.807, 2.05) is 0 Å². The summed E-state index contributed by atoms with van der Waals surface area (Å²) in [4.78, 5) is 68.9. The number of hydrogen-bond donors (Lipinski definition) is 4. The predicted molar refractivity (Wildman–Crippen MR) is 130 cm³/mol. The van der Waals surface area contributed by atoms with Crippen LogP contribution in [-0.2, 0) is 33.0 Å². The number of carbonyl (C=O) groups is 4. The van der Waals surface area contributed by atoms with Gasteiger partial charge in [-0.1, -0.05) is 12.1 Å². The summed E-state index contributed by atoms with van der Waals surface area (Å²) in [5.74, 6) is -5.38. The van der Waals surface area contributed by atoms with Gasteiger partial charge >= 0.3 is 17.8 Å². The van der Waals surface area contributed by atoms with Crippen LogP contribution >= 0.6 is 0 Å². The van der Waals surface area contributed by atoms with E-state index < -0.39 is 57.5 Å². The largest absolute Gasteiger partial charge is 0.501 e. The Morgan fingerprint density at radius 2 is 1.82 bits per heavy atom. The number of nitrogens with zero attached hydrogens (tertiary/aromatic N) is 3. The lowest BCUT2D eigenvalue weighted by atomic mass is 9.68. The van der Waals surface area contributed by atoms with Crippen LogP contribution in [-0.4, -0.2) is 62.5 Å². The molecule has 3 amide bonds. The number of aromatic hydroxyl groups is 1. The topological polar surface area (TPSA) is 171 Å². The second-order valence-electron chi connectivity index (χ2n) is 10.1. The van der Waals surface area contributed by atoms with E-state index in [2.05, 4.69) is 15.6 Å². The molecule has 2 aliphatic heterocycles.